The summed E-state index contributed by atoms with van der Waals surface area (Å²) in [5.41, 5.74) is 1.92. The predicted molar refractivity (Wildman–Crippen MR) is 151 cm³/mol. The van der Waals surface area contributed by atoms with Crippen LogP contribution < -0.4 is 15.4 Å². The Morgan fingerprint density at radius 3 is 2.48 bits per heavy atom. The van der Waals surface area contributed by atoms with E-state index in [0.717, 1.165) is 5.56 Å². The van der Waals surface area contributed by atoms with Gasteiger partial charge < -0.3 is 20.3 Å². The van der Waals surface area contributed by atoms with Crippen LogP contribution in [0.5, 0.6) is 5.75 Å². The number of carbonyl (C=O) groups excluding carboxylic acids is 3. The van der Waals surface area contributed by atoms with Gasteiger partial charge in [-0.25, -0.2) is 8.42 Å². The number of carbonyl (C=O) groups is 3. The molecular weight excluding hydrogens is 530 g/mol. The number of hydrogen-bond donors (Lipinski definition) is 2. The molecule has 0 bridgehead atoms. The third-order valence-electron chi connectivity index (χ3n) is 6.50. The summed E-state index contributed by atoms with van der Waals surface area (Å²) in [7, 11) is -3.83. The van der Waals surface area contributed by atoms with Gasteiger partial charge in [-0.3, -0.25) is 14.4 Å². The second kappa shape index (κ2) is 13.3. The highest BCUT2D eigenvalue weighted by Gasteiger charge is 2.26. The summed E-state index contributed by atoms with van der Waals surface area (Å²) < 4.78 is 32.5. The highest BCUT2D eigenvalue weighted by atomic mass is 32.2. The van der Waals surface area contributed by atoms with E-state index >= 15 is 0 Å². The molecule has 1 aliphatic rings. The molecule has 0 atom stereocenters. The second-order valence-corrected chi connectivity index (χ2v) is 11.5. The van der Waals surface area contributed by atoms with Crippen molar-refractivity contribution in [2.45, 2.75) is 30.4 Å². The van der Waals surface area contributed by atoms with Gasteiger partial charge in [-0.1, -0.05) is 54.1 Å². The molecule has 0 saturated carbocycles. The smallest absolute Gasteiger partial charge is 0.255 e. The van der Waals surface area contributed by atoms with Crippen LogP contribution in [0, 0.1) is 6.92 Å². The maximum absolute atomic E-state index is 13.7. The van der Waals surface area contributed by atoms with E-state index in [4.69, 9.17) is 4.74 Å². The average molecular weight is 564 g/mol. The maximum atomic E-state index is 13.7. The lowest BCUT2D eigenvalue weighted by atomic mass is 10.1. The third-order valence-corrected chi connectivity index (χ3v) is 8.24. The number of ether oxygens (including phenoxy) is 1. The summed E-state index contributed by atoms with van der Waals surface area (Å²) in [6.07, 6.45) is 0.546. The molecule has 0 spiro atoms. The number of hydrogen-bond acceptors (Lipinski definition) is 6. The van der Waals surface area contributed by atoms with Gasteiger partial charge in [-0.2, -0.15) is 0 Å². The molecular formula is C30H33N3O6S. The van der Waals surface area contributed by atoms with Crippen molar-refractivity contribution in [3.05, 3.63) is 95.1 Å². The normalized spacial score (nSPS) is 15.5. The number of nitrogens with one attached hydrogen (secondary N) is 2. The highest BCUT2D eigenvalue weighted by Crippen LogP contribution is 2.23. The van der Waals surface area contributed by atoms with Crippen LogP contribution in [-0.2, 0) is 20.4 Å². The summed E-state index contributed by atoms with van der Waals surface area (Å²) in [5.74, 6) is -0.857. The Labute approximate surface area is 234 Å². The zero-order valence-corrected chi connectivity index (χ0v) is 23.2. The van der Waals surface area contributed by atoms with Crippen molar-refractivity contribution in [3.8, 4) is 5.75 Å². The van der Waals surface area contributed by atoms with E-state index in [9.17, 15) is 22.8 Å². The molecule has 3 aromatic carbocycles. The molecule has 3 aromatic rings. The number of aryl methyl sites for hydroxylation is 1. The molecule has 0 radical (unpaired) electrons. The molecule has 9 nitrogen and oxygen atoms in total. The van der Waals surface area contributed by atoms with Crippen LogP contribution in [0.3, 0.4) is 0 Å². The summed E-state index contributed by atoms with van der Waals surface area (Å²) in [5, 5.41) is 5.63. The standard InChI is InChI=1S/C30H33N3O6S/c1-22-13-14-26-25(20-22)29(35)32-15-18-33(17-7-12-28(34)31-16-19-39-26)30(36)24-10-5-6-11-27(24)40(37,38)21-23-8-3-2-4-9-23/h2-6,8-11,13-14,20H,7,12,15-19,21H2,1H3,(H,31,34)(H,32,35). The molecule has 40 heavy (non-hydrogen) atoms. The molecule has 0 aromatic heterocycles. The molecule has 0 aliphatic carbocycles. The van der Waals surface area contributed by atoms with Crippen molar-refractivity contribution in [2.75, 3.05) is 32.8 Å². The van der Waals surface area contributed by atoms with Gasteiger partial charge in [0.25, 0.3) is 11.8 Å². The Balaban J connectivity index is 1.58. The molecule has 0 fully saturated rings. The largest absolute Gasteiger partial charge is 0.491 e. The van der Waals surface area contributed by atoms with Crippen LogP contribution >= 0.6 is 0 Å². The minimum absolute atomic E-state index is 0.0527. The van der Waals surface area contributed by atoms with Crippen LogP contribution in [0.4, 0.5) is 0 Å². The van der Waals surface area contributed by atoms with Gasteiger partial charge in [0, 0.05) is 26.1 Å². The monoisotopic (exact) mass is 563 g/mol. The fourth-order valence-electron chi connectivity index (χ4n) is 4.49. The number of nitrogens with zero attached hydrogens (tertiary/aromatic N) is 1. The average Bonchev–Trinajstić information content (AvgIpc) is 2.95. The molecule has 0 unspecified atom stereocenters. The van der Waals surface area contributed by atoms with Crippen molar-refractivity contribution >= 4 is 27.6 Å². The first kappa shape index (κ1) is 28.8. The van der Waals surface area contributed by atoms with E-state index in [1.54, 1.807) is 48.5 Å². The first-order valence-electron chi connectivity index (χ1n) is 13.2. The Kier molecular flexibility index (Phi) is 9.55. The molecule has 3 amide bonds. The van der Waals surface area contributed by atoms with E-state index in [0.29, 0.717) is 23.3 Å². The van der Waals surface area contributed by atoms with E-state index in [2.05, 4.69) is 10.6 Å². The van der Waals surface area contributed by atoms with Crippen molar-refractivity contribution in [2.24, 2.45) is 0 Å². The van der Waals surface area contributed by atoms with Crippen molar-refractivity contribution < 1.29 is 27.5 Å². The Morgan fingerprint density at radius 2 is 1.68 bits per heavy atom. The quantitative estimate of drug-likeness (QED) is 0.503. The fraction of sp³-hybridized carbons (Fsp3) is 0.300. The van der Waals surface area contributed by atoms with Crippen LogP contribution in [0.15, 0.2) is 77.7 Å². The van der Waals surface area contributed by atoms with E-state index in [-0.39, 0.29) is 67.2 Å². The molecule has 1 aliphatic heterocycles. The zero-order chi connectivity index (χ0) is 28.5. The van der Waals surface area contributed by atoms with Gasteiger partial charge in [-0.05, 0) is 43.2 Å². The van der Waals surface area contributed by atoms with Crippen LogP contribution in [0.1, 0.15) is 44.7 Å². The summed E-state index contributed by atoms with van der Waals surface area (Å²) in [6, 6.07) is 20.2. The topological polar surface area (TPSA) is 122 Å². The summed E-state index contributed by atoms with van der Waals surface area (Å²) in [6.45, 7) is 2.80. The molecule has 10 heteroatoms. The van der Waals surface area contributed by atoms with Gasteiger partial charge in [0.15, 0.2) is 9.84 Å². The lowest BCUT2D eigenvalue weighted by molar-refractivity contribution is -0.121. The number of rotatable bonds is 4. The number of benzene rings is 3. The number of fused-ring (bicyclic) bond motifs is 1. The minimum atomic E-state index is -3.83. The van der Waals surface area contributed by atoms with Gasteiger partial charge in [0.05, 0.1) is 28.3 Å². The Hall–Kier alpha value is -4.18. The fourth-order valence-corrected chi connectivity index (χ4v) is 6.05. The molecule has 4 rings (SSSR count). The lowest BCUT2D eigenvalue weighted by Crippen LogP contribution is -2.40. The lowest BCUT2D eigenvalue weighted by Gasteiger charge is -2.24. The van der Waals surface area contributed by atoms with Crippen LogP contribution in [-0.4, -0.2) is 63.8 Å². The van der Waals surface area contributed by atoms with Crippen LogP contribution in [0.2, 0.25) is 0 Å². The van der Waals surface area contributed by atoms with Gasteiger partial charge in [0.1, 0.15) is 12.4 Å². The second-order valence-electron chi connectivity index (χ2n) is 9.59. The number of sulfone groups is 1. The molecule has 210 valence electrons. The Morgan fingerprint density at radius 1 is 0.925 bits per heavy atom. The summed E-state index contributed by atoms with van der Waals surface area (Å²) in [4.78, 5) is 40.5. The summed E-state index contributed by atoms with van der Waals surface area (Å²) >= 11 is 0. The molecule has 0 saturated heterocycles. The minimum Gasteiger partial charge on any atom is -0.491 e. The highest BCUT2D eigenvalue weighted by molar-refractivity contribution is 7.90. The van der Waals surface area contributed by atoms with E-state index < -0.39 is 15.7 Å². The number of amides is 3. The van der Waals surface area contributed by atoms with Gasteiger partial charge in [0.2, 0.25) is 5.91 Å². The van der Waals surface area contributed by atoms with Gasteiger partial charge in [-0.15, -0.1) is 0 Å². The zero-order valence-electron chi connectivity index (χ0n) is 22.4. The van der Waals surface area contributed by atoms with Gasteiger partial charge >= 0.3 is 0 Å². The predicted octanol–water partition coefficient (Wildman–Crippen LogP) is 3.13. The van der Waals surface area contributed by atoms with E-state index in [1.165, 1.54) is 17.0 Å². The maximum Gasteiger partial charge on any atom is 0.255 e. The van der Waals surface area contributed by atoms with Crippen molar-refractivity contribution in [1.29, 1.82) is 0 Å². The molecule has 2 N–H and O–H groups in total. The Bertz CT molecular complexity index is 1470. The third kappa shape index (κ3) is 7.47. The first-order valence-corrected chi connectivity index (χ1v) is 14.8. The van der Waals surface area contributed by atoms with E-state index in [1.807, 2.05) is 19.1 Å². The van der Waals surface area contributed by atoms with Crippen LogP contribution in [0.25, 0.3) is 0 Å². The van der Waals surface area contributed by atoms with Crippen molar-refractivity contribution in [1.82, 2.24) is 15.5 Å². The SMILES string of the molecule is Cc1ccc2c(c1)C(=O)NCCN(C(=O)c1ccccc1S(=O)(=O)Cc1ccccc1)CCCC(=O)NCCO2. The molecule has 1 heterocycles. The first-order chi connectivity index (χ1) is 19.2. The van der Waals surface area contributed by atoms with Crippen molar-refractivity contribution in [3.63, 3.8) is 0 Å².